The van der Waals surface area contributed by atoms with Crippen molar-refractivity contribution in [3.05, 3.63) is 0 Å². The minimum absolute atomic E-state index is 0.0778. The largest absolute Gasteiger partial charge is 0.472 e. The summed E-state index contributed by atoms with van der Waals surface area (Å²) in [7, 11) is 1.62. The van der Waals surface area contributed by atoms with E-state index in [0.29, 0.717) is 23.9 Å². The fraction of sp³-hybridized carbons (Fsp3) is 0.972. The number of carbonyl (C=O) groups excluding carboxylic acids is 1. The Hall–Kier alpha value is -0.500. The van der Waals surface area contributed by atoms with E-state index >= 15 is 0 Å². The average molecular weight is 664 g/mol. The van der Waals surface area contributed by atoms with Crippen LogP contribution in [0, 0.1) is 0 Å². The van der Waals surface area contributed by atoms with E-state index in [1.165, 1.54) is 109 Å². The molecule has 0 saturated carbocycles. The van der Waals surface area contributed by atoms with E-state index in [1.54, 1.807) is 0 Å². The molecular formula is C36H76N2O6P+. The lowest BCUT2D eigenvalue weighted by Crippen LogP contribution is -2.46. The van der Waals surface area contributed by atoms with Gasteiger partial charge in [-0.3, -0.25) is 13.8 Å². The molecule has 0 aliphatic carbocycles. The van der Waals surface area contributed by atoms with Gasteiger partial charge in [0.25, 0.3) is 0 Å². The number of rotatable bonds is 34. The number of nitrogens with one attached hydrogen (secondary N) is 1. The van der Waals surface area contributed by atoms with Crippen LogP contribution in [-0.4, -0.2) is 73.4 Å². The molecule has 1 unspecified atom stereocenters. The molecule has 3 atom stereocenters. The summed E-state index contributed by atoms with van der Waals surface area (Å²) in [5, 5.41) is 13.8. The monoisotopic (exact) mass is 664 g/mol. The van der Waals surface area contributed by atoms with Gasteiger partial charge in [0.2, 0.25) is 5.91 Å². The third-order valence-electron chi connectivity index (χ3n) is 8.61. The molecule has 0 fully saturated rings. The van der Waals surface area contributed by atoms with Crippen molar-refractivity contribution in [2.24, 2.45) is 0 Å². The van der Waals surface area contributed by atoms with Gasteiger partial charge in [-0.05, 0) is 12.8 Å². The van der Waals surface area contributed by atoms with Crippen molar-refractivity contribution in [2.45, 2.75) is 187 Å². The fourth-order valence-electron chi connectivity index (χ4n) is 5.52. The summed E-state index contributed by atoms with van der Waals surface area (Å²) in [6, 6.07) is -0.749. The molecule has 0 aliphatic heterocycles. The van der Waals surface area contributed by atoms with E-state index in [2.05, 4.69) is 19.2 Å². The third-order valence-corrected chi connectivity index (χ3v) is 9.59. The lowest BCUT2D eigenvalue weighted by Gasteiger charge is -2.26. The zero-order chi connectivity index (χ0) is 33.7. The van der Waals surface area contributed by atoms with Gasteiger partial charge in [0.15, 0.2) is 0 Å². The summed E-state index contributed by atoms with van der Waals surface area (Å²) < 4.78 is 23.5. The summed E-state index contributed by atoms with van der Waals surface area (Å²) in [5.41, 5.74) is 0. The maximum Gasteiger partial charge on any atom is 0.472 e. The number of amides is 1. The molecular weight excluding hydrogens is 587 g/mol. The molecule has 45 heavy (non-hydrogen) atoms. The van der Waals surface area contributed by atoms with Crippen LogP contribution in [0.4, 0.5) is 0 Å². The van der Waals surface area contributed by atoms with Crippen molar-refractivity contribution in [3.63, 3.8) is 0 Å². The first-order valence-electron chi connectivity index (χ1n) is 18.9. The van der Waals surface area contributed by atoms with Crippen LogP contribution in [-0.2, 0) is 18.4 Å². The van der Waals surface area contributed by atoms with Crippen LogP contribution in [0.5, 0.6) is 0 Å². The summed E-state index contributed by atoms with van der Waals surface area (Å²) in [6.45, 7) is 4.85. The summed E-state index contributed by atoms with van der Waals surface area (Å²) in [4.78, 5) is 22.9. The minimum atomic E-state index is -4.29. The molecule has 0 aliphatic rings. The number of hydrogen-bond acceptors (Lipinski definition) is 5. The first-order chi connectivity index (χ1) is 21.5. The van der Waals surface area contributed by atoms with Crippen LogP contribution >= 0.6 is 7.82 Å². The van der Waals surface area contributed by atoms with E-state index in [9.17, 15) is 19.4 Å². The van der Waals surface area contributed by atoms with Gasteiger partial charge in [-0.25, -0.2) is 4.57 Å². The number of carbonyl (C=O) groups is 1. The van der Waals surface area contributed by atoms with Crippen LogP contribution in [0.3, 0.4) is 0 Å². The lowest BCUT2D eigenvalue weighted by molar-refractivity contribution is -0.870. The van der Waals surface area contributed by atoms with Gasteiger partial charge in [0.05, 0.1) is 39.9 Å². The van der Waals surface area contributed by atoms with Crippen molar-refractivity contribution in [1.82, 2.24) is 5.32 Å². The van der Waals surface area contributed by atoms with E-state index in [0.717, 1.165) is 38.5 Å². The molecule has 8 nitrogen and oxygen atoms in total. The van der Waals surface area contributed by atoms with E-state index < -0.39 is 20.0 Å². The molecule has 270 valence electrons. The van der Waals surface area contributed by atoms with Crippen molar-refractivity contribution < 1.29 is 32.9 Å². The van der Waals surface area contributed by atoms with Gasteiger partial charge < -0.3 is 19.8 Å². The normalized spacial score (nSPS) is 14.7. The smallest absolute Gasteiger partial charge is 0.391 e. The highest BCUT2D eigenvalue weighted by Crippen LogP contribution is 2.43. The fourth-order valence-corrected chi connectivity index (χ4v) is 6.25. The SMILES string of the molecule is CCCCCCCCCCCCCCCCC(=O)N[C@@H](COP(=O)(O)OCC[N+](C)(C)C)[C@H](O)CCCCCCCCCCC. The Kier molecular flexibility index (Phi) is 29.3. The average Bonchev–Trinajstić information content (AvgIpc) is 2.97. The molecule has 0 spiro atoms. The molecule has 0 radical (unpaired) electrons. The van der Waals surface area contributed by atoms with Crippen LogP contribution in [0.25, 0.3) is 0 Å². The number of aliphatic hydroxyl groups excluding tert-OH is 1. The predicted octanol–water partition coefficient (Wildman–Crippen LogP) is 9.46. The Bertz CT molecular complexity index is 718. The van der Waals surface area contributed by atoms with Gasteiger partial charge in [0.1, 0.15) is 13.2 Å². The molecule has 0 aromatic carbocycles. The Balaban J connectivity index is 4.41. The van der Waals surface area contributed by atoms with Gasteiger partial charge in [0, 0.05) is 6.42 Å². The Morgan fingerprint density at radius 3 is 1.49 bits per heavy atom. The van der Waals surface area contributed by atoms with Crippen molar-refractivity contribution in [2.75, 3.05) is 40.9 Å². The maximum absolute atomic E-state index is 12.8. The second-order valence-corrected chi connectivity index (χ2v) is 15.8. The van der Waals surface area contributed by atoms with Crippen LogP contribution in [0.2, 0.25) is 0 Å². The molecule has 0 saturated heterocycles. The highest BCUT2D eigenvalue weighted by molar-refractivity contribution is 7.47. The third kappa shape index (κ3) is 31.8. The second kappa shape index (κ2) is 29.6. The van der Waals surface area contributed by atoms with Crippen LogP contribution < -0.4 is 5.32 Å². The molecule has 0 heterocycles. The molecule has 9 heteroatoms. The summed E-state index contributed by atoms with van der Waals surface area (Å²) >= 11 is 0. The predicted molar refractivity (Wildman–Crippen MR) is 189 cm³/mol. The molecule has 3 N–H and O–H groups in total. The van der Waals surface area contributed by atoms with Gasteiger partial charge >= 0.3 is 7.82 Å². The number of phosphoric acid groups is 1. The summed E-state index contributed by atoms with van der Waals surface area (Å²) in [6.07, 6.45) is 28.3. The number of quaternary nitrogens is 1. The van der Waals surface area contributed by atoms with Gasteiger partial charge in [-0.15, -0.1) is 0 Å². The molecule has 1 amide bonds. The minimum Gasteiger partial charge on any atom is -0.391 e. The van der Waals surface area contributed by atoms with E-state index in [4.69, 9.17) is 9.05 Å². The van der Waals surface area contributed by atoms with Crippen molar-refractivity contribution >= 4 is 13.7 Å². The van der Waals surface area contributed by atoms with Crippen LogP contribution in [0.1, 0.15) is 174 Å². The van der Waals surface area contributed by atoms with E-state index in [-0.39, 0.29) is 19.1 Å². The first kappa shape index (κ1) is 44.5. The topological polar surface area (TPSA) is 105 Å². The first-order valence-corrected chi connectivity index (χ1v) is 20.4. The maximum atomic E-state index is 12.8. The molecule has 0 rings (SSSR count). The van der Waals surface area contributed by atoms with Crippen LogP contribution in [0.15, 0.2) is 0 Å². The Labute approximate surface area is 279 Å². The quantitative estimate of drug-likeness (QED) is 0.0360. The number of nitrogens with zero attached hydrogens (tertiary/aromatic N) is 1. The molecule has 0 aromatic heterocycles. The Morgan fingerprint density at radius 2 is 1.07 bits per heavy atom. The summed E-state index contributed by atoms with van der Waals surface area (Å²) in [5.74, 6) is -0.146. The lowest BCUT2D eigenvalue weighted by atomic mass is 10.0. The van der Waals surface area contributed by atoms with Crippen molar-refractivity contribution in [1.29, 1.82) is 0 Å². The molecule has 0 aromatic rings. The molecule has 0 bridgehead atoms. The number of hydrogen-bond donors (Lipinski definition) is 3. The standard InChI is InChI=1S/C36H75N2O6P/c1-6-8-10-12-14-16-17-18-19-20-22-24-26-28-30-36(40)37-34(33-44-45(41,42)43-32-31-38(3,4)5)35(39)29-27-25-23-21-15-13-11-9-7-2/h34-35,39H,6-33H2,1-5H3,(H-,37,40,41,42)/p+1/t34-,35+/m0/s1. The number of unbranched alkanes of at least 4 members (excludes halogenated alkanes) is 21. The second-order valence-electron chi connectivity index (χ2n) is 14.3. The zero-order valence-electron chi connectivity index (χ0n) is 30.4. The van der Waals surface area contributed by atoms with E-state index in [1.807, 2.05) is 21.1 Å². The number of aliphatic hydroxyl groups is 1. The highest BCUT2D eigenvalue weighted by atomic mass is 31.2. The zero-order valence-corrected chi connectivity index (χ0v) is 31.3. The van der Waals surface area contributed by atoms with Gasteiger partial charge in [-0.2, -0.15) is 0 Å². The van der Waals surface area contributed by atoms with Crippen molar-refractivity contribution in [3.8, 4) is 0 Å². The Morgan fingerprint density at radius 1 is 0.667 bits per heavy atom. The number of likely N-dealkylation sites (N-methyl/N-ethyl adjacent to an activating group) is 1. The highest BCUT2D eigenvalue weighted by Gasteiger charge is 2.28. The number of phosphoric ester groups is 1. The van der Waals surface area contributed by atoms with Gasteiger partial charge in [-0.1, -0.05) is 155 Å².